The van der Waals surface area contributed by atoms with Gasteiger partial charge in [0.1, 0.15) is 6.35 Å². The first kappa shape index (κ1) is 11.0. The van der Waals surface area contributed by atoms with Crippen molar-refractivity contribution in [1.82, 2.24) is 0 Å². The van der Waals surface area contributed by atoms with Crippen LogP contribution in [0.4, 0.5) is 0 Å². The zero-order valence-electron chi connectivity index (χ0n) is 4.42. The summed E-state index contributed by atoms with van der Waals surface area (Å²) in [5.74, 6) is 0. The number of hydrogen-bond acceptors (Lipinski definition) is 2. The lowest BCUT2D eigenvalue weighted by atomic mass is 11.5. The van der Waals surface area contributed by atoms with Crippen LogP contribution in [-0.2, 0) is 9.30 Å². The van der Waals surface area contributed by atoms with Crippen LogP contribution in [0.25, 0.3) is 0 Å². The Bertz CT molecular complexity index is 85.3. The maximum atomic E-state index is 10.2. The molecular formula is C4H13O3P. The molecular weight excluding hydrogens is 127 g/mol. The Morgan fingerprint density at radius 1 is 1.75 bits per heavy atom. The quantitative estimate of drug-likeness (QED) is 0.585. The van der Waals surface area contributed by atoms with Gasteiger partial charge in [-0.05, 0) is 0 Å². The van der Waals surface area contributed by atoms with Crippen LogP contribution in [0.15, 0.2) is 0 Å². The third kappa shape index (κ3) is 9.47. The molecule has 0 aliphatic heterocycles. The lowest BCUT2D eigenvalue weighted by Gasteiger charge is -1.99. The van der Waals surface area contributed by atoms with E-state index >= 15 is 0 Å². The van der Waals surface area contributed by atoms with E-state index in [1.165, 1.54) is 13.8 Å². The number of methoxy groups -OCH3 is 1. The molecule has 0 heterocycles. The molecule has 0 aliphatic carbocycles. The first-order valence-corrected chi connectivity index (χ1v) is 4.13. The van der Waals surface area contributed by atoms with E-state index in [0.717, 1.165) is 0 Å². The van der Waals surface area contributed by atoms with Gasteiger partial charge in [-0.25, -0.2) is 0 Å². The summed E-state index contributed by atoms with van der Waals surface area (Å²) in [7, 11) is -1.49. The number of rotatable bonds is 2. The van der Waals surface area contributed by atoms with E-state index in [0.29, 0.717) is 0 Å². The maximum absolute atomic E-state index is 10.2. The zero-order valence-corrected chi connectivity index (χ0v) is 5.31. The smallest absolute Gasteiger partial charge is 0.222 e. The molecule has 0 rings (SSSR count). The van der Waals surface area contributed by atoms with Gasteiger partial charge in [-0.1, -0.05) is 7.43 Å². The van der Waals surface area contributed by atoms with Crippen LogP contribution in [0.1, 0.15) is 7.43 Å². The summed E-state index contributed by atoms with van der Waals surface area (Å²) >= 11 is 0. The summed E-state index contributed by atoms with van der Waals surface area (Å²) in [5.41, 5.74) is 0. The minimum Gasteiger partial charge on any atom is -0.375 e. The zero-order chi connectivity index (χ0) is 5.91. The second-order valence-corrected chi connectivity index (χ2v) is 3.83. The Balaban J connectivity index is 0. The molecule has 0 bridgehead atoms. The molecule has 0 aromatic carbocycles. The fourth-order valence-electron chi connectivity index (χ4n) is 0.240. The molecule has 52 valence electrons. The molecule has 0 saturated carbocycles. The van der Waals surface area contributed by atoms with Crippen molar-refractivity contribution >= 4 is 7.37 Å². The fourth-order valence-corrected chi connectivity index (χ4v) is 0.719. The second kappa shape index (κ2) is 4.07. The van der Waals surface area contributed by atoms with E-state index in [-0.39, 0.29) is 13.8 Å². The topological polar surface area (TPSA) is 46.5 Å². The molecule has 0 saturated heterocycles. The normalized spacial score (nSPS) is 16.4. The van der Waals surface area contributed by atoms with E-state index in [1.54, 1.807) is 0 Å². The van der Waals surface area contributed by atoms with Gasteiger partial charge in [0.15, 0.2) is 0 Å². The van der Waals surface area contributed by atoms with E-state index in [9.17, 15) is 4.57 Å². The molecule has 8 heavy (non-hydrogen) atoms. The molecule has 0 aromatic rings. The highest BCUT2D eigenvalue weighted by molar-refractivity contribution is 7.56. The van der Waals surface area contributed by atoms with Gasteiger partial charge in [0.2, 0.25) is 7.37 Å². The summed E-state index contributed by atoms with van der Waals surface area (Å²) in [6.45, 7) is 1.26. The van der Waals surface area contributed by atoms with Crippen molar-refractivity contribution in [2.45, 2.75) is 7.43 Å². The minimum atomic E-state index is -2.89. The SMILES string of the molecule is C.COCP(C)(=O)O. The summed E-state index contributed by atoms with van der Waals surface area (Å²) in [6.07, 6.45) is -0.0486. The monoisotopic (exact) mass is 140 g/mol. The lowest BCUT2D eigenvalue weighted by molar-refractivity contribution is 0.238. The van der Waals surface area contributed by atoms with Gasteiger partial charge in [-0.15, -0.1) is 0 Å². The Hall–Kier alpha value is 0.150. The highest BCUT2D eigenvalue weighted by atomic mass is 31.2. The van der Waals surface area contributed by atoms with Crippen LogP contribution in [0.5, 0.6) is 0 Å². The van der Waals surface area contributed by atoms with Gasteiger partial charge < -0.3 is 9.63 Å². The van der Waals surface area contributed by atoms with E-state index in [1.807, 2.05) is 0 Å². The molecule has 1 N–H and O–H groups in total. The lowest BCUT2D eigenvalue weighted by Crippen LogP contribution is -1.87. The Morgan fingerprint density at radius 3 is 2.12 bits per heavy atom. The van der Waals surface area contributed by atoms with Gasteiger partial charge >= 0.3 is 0 Å². The molecule has 4 heteroatoms. The van der Waals surface area contributed by atoms with Gasteiger partial charge in [0, 0.05) is 13.8 Å². The second-order valence-electron chi connectivity index (χ2n) is 1.47. The maximum Gasteiger partial charge on any atom is 0.222 e. The molecule has 1 atom stereocenters. The van der Waals surface area contributed by atoms with Gasteiger partial charge in [0.05, 0.1) is 0 Å². The summed E-state index contributed by atoms with van der Waals surface area (Å²) in [5, 5.41) is 0. The van der Waals surface area contributed by atoms with Crippen molar-refractivity contribution in [2.24, 2.45) is 0 Å². The van der Waals surface area contributed by atoms with Crippen LogP contribution in [0, 0.1) is 0 Å². The third-order valence-corrected chi connectivity index (χ3v) is 1.11. The first-order valence-electron chi connectivity index (χ1n) is 1.84. The van der Waals surface area contributed by atoms with Crippen molar-refractivity contribution in [3.8, 4) is 0 Å². The van der Waals surface area contributed by atoms with Crippen LogP contribution >= 0.6 is 7.37 Å². The Labute approximate surface area is 50.1 Å². The average Bonchev–Trinajstić information content (AvgIpc) is 1.30. The minimum absolute atomic E-state index is 0. The predicted molar refractivity (Wildman–Crippen MR) is 34.4 cm³/mol. The summed E-state index contributed by atoms with van der Waals surface area (Å²) in [4.78, 5) is 8.45. The molecule has 0 aromatic heterocycles. The van der Waals surface area contributed by atoms with Crippen molar-refractivity contribution in [2.75, 3.05) is 20.1 Å². The van der Waals surface area contributed by atoms with Crippen molar-refractivity contribution in [3.05, 3.63) is 0 Å². The highest BCUT2D eigenvalue weighted by Gasteiger charge is 2.05. The van der Waals surface area contributed by atoms with Gasteiger partial charge in [-0.3, -0.25) is 4.57 Å². The fraction of sp³-hybridized carbons (Fsp3) is 1.00. The van der Waals surface area contributed by atoms with E-state index < -0.39 is 7.37 Å². The van der Waals surface area contributed by atoms with Crippen LogP contribution in [0.3, 0.4) is 0 Å². The van der Waals surface area contributed by atoms with Crippen LogP contribution < -0.4 is 0 Å². The van der Waals surface area contributed by atoms with E-state index in [4.69, 9.17) is 4.89 Å². The molecule has 3 nitrogen and oxygen atoms in total. The highest BCUT2D eigenvalue weighted by Crippen LogP contribution is 2.33. The molecule has 0 amide bonds. The van der Waals surface area contributed by atoms with Crippen LogP contribution in [-0.4, -0.2) is 25.0 Å². The summed E-state index contributed by atoms with van der Waals surface area (Å²) in [6, 6.07) is 0. The summed E-state index contributed by atoms with van der Waals surface area (Å²) < 4.78 is 14.6. The Kier molecular flexibility index (Phi) is 5.61. The first-order chi connectivity index (χ1) is 3.06. The molecule has 0 radical (unpaired) electrons. The number of hydrogen-bond donors (Lipinski definition) is 1. The third-order valence-electron chi connectivity index (χ3n) is 0.369. The Morgan fingerprint density at radius 2 is 2.12 bits per heavy atom. The van der Waals surface area contributed by atoms with Crippen molar-refractivity contribution < 1.29 is 14.2 Å². The molecule has 0 spiro atoms. The van der Waals surface area contributed by atoms with E-state index in [2.05, 4.69) is 4.74 Å². The van der Waals surface area contributed by atoms with Gasteiger partial charge in [0.25, 0.3) is 0 Å². The largest absolute Gasteiger partial charge is 0.375 e. The average molecular weight is 140 g/mol. The standard InChI is InChI=1S/C3H9O3P.CH4/c1-6-3-7(2,4)5;/h3H2,1-2H3,(H,4,5);1H4. The van der Waals surface area contributed by atoms with Crippen molar-refractivity contribution in [1.29, 1.82) is 0 Å². The molecule has 0 fully saturated rings. The molecule has 1 unspecified atom stereocenters. The van der Waals surface area contributed by atoms with Gasteiger partial charge in [-0.2, -0.15) is 0 Å². The van der Waals surface area contributed by atoms with Crippen molar-refractivity contribution in [3.63, 3.8) is 0 Å². The van der Waals surface area contributed by atoms with Crippen LogP contribution in [0.2, 0.25) is 0 Å². The predicted octanol–water partition coefficient (Wildman–Crippen LogP) is 1.13. The number of ether oxygens (including phenoxy) is 1. The molecule has 0 aliphatic rings.